The Morgan fingerprint density at radius 1 is 1.47 bits per heavy atom. The van der Waals surface area contributed by atoms with E-state index >= 15 is 0 Å². The second kappa shape index (κ2) is 8.87. The predicted molar refractivity (Wildman–Crippen MR) is 76.9 cm³/mol. The topological polar surface area (TPSA) is 60.5 Å². The van der Waals surface area contributed by atoms with Crippen molar-refractivity contribution in [3.05, 3.63) is 11.2 Å². The van der Waals surface area contributed by atoms with Gasteiger partial charge in [-0.25, -0.2) is 9.78 Å². The van der Waals surface area contributed by atoms with Gasteiger partial charge in [-0.15, -0.1) is 11.3 Å². The van der Waals surface area contributed by atoms with Crippen LogP contribution in [-0.2, 0) is 9.47 Å². The van der Waals surface area contributed by atoms with E-state index < -0.39 is 0 Å². The number of esters is 1. The summed E-state index contributed by atoms with van der Waals surface area (Å²) in [7, 11) is 0. The third-order valence-corrected chi connectivity index (χ3v) is 3.13. The summed E-state index contributed by atoms with van der Waals surface area (Å²) in [5, 5.41) is 4.00. The number of nitrogens with one attached hydrogen (secondary N) is 1. The van der Waals surface area contributed by atoms with E-state index in [0.717, 1.165) is 31.0 Å². The maximum atomic E-state index is 11.6. The summed E-state index contributed by atoms with van der Waals surface area (Å²) >= 11 is 1.42. The Morgan fingerprint density at radius 2 is 2.26 bits per heavy atom. The number of rotatable bonds is 9. The van der Waals surface area contributed by atoms with E-state index in [-0.39, 0.29) is 12.1 Å². The van der Waals surface area contributed by atoms with Gasteiger partial charge in [-0.05, 0) is 33.6 Å². The van der Waals surface area contributed by atoms with E-state index in [4.69, 9.17) is 9.47 Å². The van der Waals surface area contributed by atoms with Crippen LogP contribution in [0.2, 0.25) is 0 Å². The second-order valence-corrected chi connectivity index (χ2v) is 5.16. The lowest BCUT2D eigenvalue weighted by Crippen LogP contribution is -2.10. The lowest BCUT2D eigenvalue weighted by Gasteiger charge is -2.08. The van der Waals surface area contributed by atoms with Gasteiger partial charge in [0.1, 0.15) is 5.00 Å². The standard InChI is InChI=1S/C13H22N2O3S/c1-4-17-13(16)11-12(19-9-15-11)14-7-5-6-8-18-10(2)3/h9-10,14H,4-8H2,1-3H3. The van der Waals surface area contributed by atoms with Gasteiger partial charge in [0.2, 0.25) is 0 Å². The molecule has 0 radical (unpaired) electrons. The van der Waals surface area contributed by atoms with Gasteiger partial charge in [-0.3, -0.25) is 0 Å². The Morgan fingerprint density at radius 3 is 2.95 bits per heavy atom. The largest absolute Gasteiger partial charge is 0.461 e. The second-order valence-electron chi connectivity index (χ2n) is 4.30. The summed E-state index contributed by atoms with van der Waals surface area (Å²) < 4.78 is 10.4. The zero-order valence-corrected chi connectivity index (χ0v) is 12.6. The number of nitrogens with zero attached hydrogens (tertiary/aromatic N) is 1. The van der Waals surface area contributed by atoms with Gasteiger partial charge in [-0.1, -0.05) is 0 Å². The lowest BCUT2D eigenvalue weighted by atomic mass is 10.3. The fourth-order valence-corrected chi connectivity index (χ4v) is 2.16. The summed E-state index contributed by atoms with van der Waals surface area (Å²) in [5.41, 5.74) is 2.03. The summed E-state index contributed by atoms with van der Waals surface area (Å²) in [6.07, 6.45) is 2.27. The highest BCUT2D eigenvalue weighted by Crippen LogP contribution is 2.20. The summed E-state index contributed by atoms with van der Waals surface area (Å²) in [6.45, 7) is 7.78. The first-order valence-electron chi connectivity index (χ1n) is 6.61. The SMILES string of the molecule is CCOC(=O)c1ncsc1NCCCCOC(C)C. The average molecular weight is 286 g/mol. The van der Waals surface area contributed by atoms with Crippen LogP contribution in [0.5, 0.6) is 0 Å². The molecule has 1 aromatic heterocycles. The van der Waals surface area contributed by atoms with Gasteiger partial charge in [0.05, 0.1) is 18.2 Å². The van der Waals surface area contributed by atoms with Crippen molar-refractivity contribution in [3.8, 4) is 0 Å². The first-order chi connectivity index (χ1) is 9.15. The van der Waals surface area contributed by atoms with E-state index in [0.29, 0.717) is 12.3 Å². The van der Waals surface area contributed by atoms with Crippen LogP contribution in [0, 0.1) is 0 Å². The maximum absolute atomic E-state index is 11.6. The molecule has 0 bridgehead atoms. The molecule has 1 N–H and O–H groups in total. The third-order valence-electron chi connectivity index (χ3n) is 2.34. The molecule has 1 heterocycles. The number of anilines is 1. The van der Waals surface area contributed by atoms with Crippen LogP contribution >= 0.6 is 11.3 Å². The van der Waals surface area contributed by atoms with Crippen molar-refractivity contribution in [2.45, 2.75) is 39.7 Å². The van der Waals surface area contributed by atoms with Crippen molar-refractivity contribution in [3.63, 3.8) is 0 Å². The Labute approximate surface area is 118 Å². The molecule has 1 rings (SSSR count). The number of unbranched alkanes of at least 4 members (excludes halogenated alkanes) is 1. The van der Waals surface area contributed by atoms with E-state index in [1.54, 1.807) is 12.4 Å². The minimum atomic E-state index is -0.366. The number of carbonyl (C=O) groups is 1. The van der Waals surface area contributed by atoms with E-state index in [9.17, 15) is 4.79 Å². The van der Waals surface area contributed by atoms with Crippen LogP contribution in [-0.4, -0.2) is 36.8 Å². The molecule has 0 unspecified atom stereocenters. The molecule has 0 amide bonds. The number of thiazole rings is 1. The van der Waals surface area contributed by atoms with E-state index in [2.05, 4.69) is 10.3 Å². The molecule has 0 saturated heterocycles. The average Bonchev–Trinajstić information content (AvgIpc) is 2.82. The normalized spacial score (nSPS) is 10.7. The van der Waals surface area contributed by atoms with Crippen LogP contribution in [0.4, 0.5) is 5.00 Å². The molecule has 5 nitrogen and oxygen atoms in total. The molecular formula is C13H22N2O3S. The van der Waals surface area contributed by atoms with Gasteiger partial charge in [0, 0.05) is 13.2 Å². The molecule has 108 valence electrons. The molecule has 19 heavy (non-hydrogen) atoms. The Balaban J connectivity index is 2.26. The third kappa shape index (κ3) is 6.02. The van der Waals surface area contributed by atoms with Gasteiger partial charge in [-0.2, -0.15) is 0 Å². The maximum Gasteiger partial charge on any atom is 0.360 e. The van der Waals surface area contributed by atoms with E-state index in [1.165, 1.54) is 11.3 Å². The molecule has 0 aliphatic heterocycles. The lowest BCUT2D eigenvalue weighted by molar-refractivity contribution is 0.0521. The molecular weight excluding hydrogens is 264 g/mol. The fourth-order valence-electron chi connectivity index (χ4n) is 1.46. The van der Waals surface area contributed by atoms with Crippen LogP contribution < -0.4 is 5.32 Å². The molecule has 1 aromatic rings. The van der Waals surface area contributed by atoms with Crippen molar-refractivity contribution in [2.24, 2.45) is 0 Å². The van der Waals surface area contributed by atoms with Gasteiger partial charge >= 0.3 is 5.97 Å². The highest BCUT2D eigenvalue weighted by molar-refractivity contribution is 7.14. The number of hydrogen-bond acceptors (Lipinski definition) is 6. The predicted octanol–water partition coefficient (Wildman–Crippen LogP) is 2.94. The smallest absolute Gasteiger partial charge is 0.360 e. The van der Waals surface area contributed by atoms with Gasteiger partial charge in [0.15, 0.2) is 5.69 Å². The highest BCUT2D eigenvalue weighted by Gasteiger charge is 2.15. The summed E-state index contributed by atoms with van der Waals surface area (Å²) in [5.74, 6) is -0.366. The van der Waals surface area contributed by atoms with Crippen LogP contribution in [0.1, 0.15) is 44.1 Å². The van der Waals surface area contributed by atoms with Crippen molar-refractivity contribution in [2.75, 3.05) is 25.1 Å². The van der Waals surface area contributed by atoms with Crippen molar-refractivity contribution >= 4 is 22.3 Å². The molecule has 0 atom stereocenters. The van der Waals surface area contributed by atoms with Crippen molar-refractivity contribution in [1.29, 1.82) is 0 Å². The zero-order chi connectivity index (χ0) is 14.1. The first-order valence-corrected chi connectivity index (χ1v) is 7.49. The number of aromatic nitrogens is 1. The molecule has 0 aliphatic carbocycles. The zero-order valence-electron chi connectivity index (χ0n) is 11.8. The van der Waals surface area contributed by atoms with Crippen LogP contribution in [0.3, 0.4) is 0 Å². The Kier molecular flexibility index (Phi) is 7.43. The van der Waals surface area contributed by atoms with Crippen molar-refractivity contribution < 1.29 is 14.3 Å². The molecule has 0 saturated carbocycles. The highest BCUT2D eigenvalue weighted by atomic mass is 32.1. The molecule has 0 aromatic carbocycles. The van der Waals surface area contributed by atoms with Gasteiger partial charge < -0.3 is 14.8 Å². The molecule has 0 fully saturated rings. The van der Waals surface area contributed by atoms with Gasteiger partial charge in [0.25, 0.3) is 0 Å². The molecule has 0 aliphatic rings. The summed E-state index contributed by atoms with van der Waals surface area (Å²) in [6, 6.07) is 0. The van der Waals surface area contributed by atoms with Crippen LogP contribution in [0.25, 0.3) is 0 Å². The van der Waals surface area contributed by atoms with Crippen molar-refractivity contribution in [1.82, 2.24) is 4.98 Å². The minimum absolute atomic E-state index is 0.282. The first kappa shape index (κ1) is 15.9. The monoisotopic (exact) mass is 286 g/mol. The number of carbonyl (C=O) groups excluding carboxylic acids is 1. The Hall–Kier alpha value is -1.14. The minimum Gasteiger partial charge on any atom is -0.461 e. The number of hydrogen-bond donors (Lipinski definition) is 1. The van der Waals surface area contributed by atoms with E-state index in [1.807, 2.05) is 13.8 Å². The summed E-state index contributed by atoms with van der Waals surface area (Å²) in [4.78, 5) is 15.6. The Bertz CT molecular complexity index is 380. The number of ether oxygens (including phenoxy) is 2. The molecule has 0 spiro atoms. The quantitative estimate of drug-likeness (QED) is 0.558. The fraction of sp³-hybridized carbons (Fsp3) is 0.692. The van der Waals surface area contributed by atoms with Crippen LogP contribution in [0.15, 0.2) is 5.51 Å². The molecule has 6 heteroatoms.